The number of hydrogen-bond acceptors (Lipinski definition) is 3. The smallest absolute Gasteiger partial charge is 0.352 e. The molecule has 1 rings (SSSR count). The third-order valence-electron chi connectivity index (χ3n) is 1.79. The Morgan fingerprint density at radius 2 is 1.88 bits per heavy atom. The molecule has 5 heteroatoms. The summed E-state index contributed by atoms with van der Waals surface area (Å²) in [5.41, 5.74) is 6.57. The van der Waals surface area contributed by atoms with Gasteiger partial charge in [0.15, 0.2) is 0 Å². The highest BCUT2D eigenvalue weighted by molar-refractivity contribution is 5.96. The topological polar surface area (TPSA) is 92.4 Å². The van der Waals surface area contributed by atoms with Crippen LogP contribution >= 0.6 is 0 Å². The zero-order valence-electron chi connectivity index (χ0n) is 8.73. The molecule has 0 aliphatic carbocycles. The summed E-state index contributed by atoms with van der Waals surface area (Å²) in [7, 11) is 0. The van der Waals surface area contributed by atoms with Crippen LogP contribution in [0, 0.1) is 0 Å². The van der Waals surface area contributed by atoms with Crippen LogP contribution in [0.25, 0.3) is 6.08 Å². The Morgan fingerprint density at radius 3 is 2.31 bits per heavy atom. The molecule has 0 radical (unpaired) electrons. The highest BCUT2D eigenvalue weighted by Crippen LogP contribution is 2.09. The molecule has 0 heterocycles. The molecule has 0 aliphatic rings. The minimum atomic E-state index is -1.19. The second kappa shape index (κ2) is 4.97. The predicted octanol–water partition coefficient (Wildman–Crippen LogP) is 0.830. The molecular formula is C11H12N2O3. The maximum atomic E-state index is 10.8. The van der Waals surface area contributed by atoms with Crippen molar-refractivity contribution >= 4 is 23.6 Å². The average molecular weight is 220 g/mol. The van der Waals surface area contributed by atoms with Crippen LogP contribution in [0.1, 0.15) is 12.5 Å². The number of nitrogens with two attached hydrogens (primary N) is 1. The van der Waals surface area contributed by atoms with Crippen LogP contribution in [-0.2, 0) is 9.59 Å². The number of amides is 1. The molecule has 0 aliphatic heterocycles. The minimum absolute atomic E-state index is 0.169. The van der Waals surface area contributed by atoms with E-state index in [4.69, 9.17) is 10.8 Å². The predicted molar refractivity (Wildman–Crippen MR) is 60.3 cm³/mol. The van der Waals surface area contributed by atoms with E-state index in [1.807, 2.05) is 0 Å². The van der Waals surface area contributed by atoms with Gasteiger partial charge in [0, 0.05) is 12.6 Å². The number of carboxylic acid groups (broad SMARTS) is 1. The van der Waals surface area contributed by atoms with Gasteiger partial charge in [0.2, 0.25) is 5.91 Å². The standard InChI is InChI=1S/C11H12N2O3/c1-7(14)13-10(11(15)16)6-8-2-4-9(12)5-3-8/h2-6H,12H2,1H3,(H,13,14)(H,15,16)/b10-6-. The first-order valence-corrected chi connectivity index (χ1v) is 4.57. The van der Waals surface area contributed by atoms with Gasteiger partial charge in [-0.15, -0.1) is 0 Å². The number of benzene rings is 1. The van der Waals surface area contributed by atoms with E-state index in [0.717, 1.165) is 0 Å². The first-order valence-electron chi connectivity index (χ1n) is 4.57. The number of carboxylic acids is 1. The molecule has 0 aromatic heterocycles. The van der Waals surface area contributed by atoms with Crippen LogP contribution in [0.2, 0.25) is 0 Å². The summed E-state index contributed by atoms with van der Waals surface area (Å²) in [6.45, 7) is 1.25. The Morgan fingerprint density at radius 1 is 1.31 bits per heavy atom. The Balaban J connectivity index is 2.97. The van der Waals surface area contributed by atoms with E-state index >= 15 is 0 Å². The van der Waals surface area contributed by atoms with Crippen molar-refractivity contribution in [3.63, 3.8) is 0 Å². The first kappa shape index (κ1) is 11.8. The lowest BCUT2D eigenvalue weighted by Crippen LogP contribution is -2.24. The van der Waals surface area contributed by atoms with Crippen molar-refractivity contribution in [3.8, 4) is 0 Å². The summed E-state index contributed by atoms with van der Waals surface area (Å²) >= 11 is 0. The summed E-state index contributed by atoms with van der Waals surface area (Å²) in [6, 6.07) is 6.64. The number of carbonyl (C=O) groups is 2. The molecule has 84 valence electrons. The highest BCUT2D eigenvalue weighted by atomic mass is 16.4. The van der Waals surface area contributed by atoms with Crippen LogP contribution < -0.4 is 11.1 Å². The molecule has 0 saturated heterocycles. The van der Waals surface area contributed by atoms with Crippen molar-refractivity contribution in [3.05, 3.63) is 35.5 Å². The lowest BCUT2D eigenvalue weighted by atomic mass is 10.2. The SMILES string of the molecule is CC(=O)N/C(=C\c1ccc(N)cc1)C(=O)O. The van der Waals surface area contributed by atoms with Crippen molar-refractivity contribution in [2.24, 2.45) is 0 Å². The Labute approximate surface area is 92.6 Å². The Hall–Kier alpha value is -2.30. The molecule has 5 nitrogen and oxygen atoms in total. The molecule has 1 aromatic rings. The normalized spacial score (nSPS) is 10.9. The quantitative estimate of drug-likeness (QED) is 0.519. The summed E-state index contributed by atoms with van der Waals surface area (Å²) < 4.78 is 0. The largest absolute Gasteiger partial charge is 0.477 e. The molecule has 0 atom stereocenters. The van der Waals surface area contributed by atoms with E-state index in [9.17, 15) is 9.59 Å². The van der Waals surface area contributed by atoms with Crippen molar-refractivity contribution < 1.29 is 14.7 Å². The number of aliphatic carboxylic acids is 1. The fourth-order valence-corrected chi connectivity index (χ4v) is 1.10. The number of carbonyl (C=O) groups excluding carboxylic acids is 1. The van der Waals surface area contributed by atoms with E-state index in [1.54, 1.807) is 24.3 Å². The fraction of sp³-hybridized carbons (Fsp3) is 0.0909. The number of hydrogen-bond donors (Lipinski definition) is 3. The van der Waals surface area contributed by atoms with Crippen LogP contribution in [0.5, 0.6) is 0 Å². The van der Waals surface area contributed by atoms with Gasteiger partial charge in [-0.25, -0.2) is 4.79 Å². The monoisotopic (exact) mass is 220 g/mol. The van der Waals surface area contributed by atoms with Gasteiger partial charge in [0.05, 0.1) is 0 Å². The van der Waals surface area contributed by atoms with Crippen LogP contribution in [0.15, 0.2) is 30.0 Å². The van der Waals surface area contributed by atoms with Gasteiger partial charge < -0.3 is 16.2 Å². The van der Waals surface area contributed by atoms with Crippen LogP contribution in [0.4, 0.5) is 5.69 Å². The number of anilines is 1. The maximum absolute atomic E-state index is 10.8. The Bertz CT molecular complexity index is 435. The van der Waals surface area contributed by atoms with Gasteiger partial charge in [-0.05, 0) is 23.8 Å². The number of nitrogens with one attached hydrogen (secondary N) is 1. The zero-order chi connectivity index (χ0) is 12.1. The summed E-state index contributed by atoms with van der Waals surface area (Å²) in [4.78, 5) is 21.6. The third kappa shape index (κ3) is 3.45. The molecule has 0 unspecified atom stereocenters. The molecular weight excluding hydrogens is 208 g/mol. The molecule has 0 spiro atoms. The molecule has 0 saturated carbocycles. The van der Waals surface area contributed by atoms with Crippen molar-refractivity contribution in [2.45, 2.75) is 6.92 Å². The molecule has 1 amide bonds. The Kier molecular flexibility index (Phi) is 3.66. The van der Waals surface area contributed by atoms with E-state index < -0.39 is 11.9 Å². The number of nitrogen functional groups attached to an aromatic ring is 1. The van der Waals surface area contributed by atoms with Gasteiger partial charge in [-0.2, -0.15) is 0 Å². The number of rotatable bonds is 3. The van der Waals surface area contributed by atoms with Crippen molar-refractivity contribution in [1.29, 1.82) is 0 Å². The average Bonchev–Trinajstić information content (AvgIpc) is 2.19. The fourth-order valence-electron chi connectivity index (χ4n) is 1.10. The summed E-state index contributed by atoms with van der Waals surface area (Å²) in [5, 5.41) is 11.1. The maximum Gasteiger partial charge on any atom is 0.352 e. The molecule has 0 fully saturated rings. The van der Waals surface area contributed by atoms with Gasteiger partial charge in [0.1, 0.15) is 5.70 Å². The van der Waals surface area contributed by atoms with E-state index in [-0.39, 0.29) is 5.70 Å². The van der Waals surface area contributed by atoms with E-state index in [0.29, 0.717) is 11.3 Å². The molecule has 0 bridgehead atoms. The van der Waals surface area contributed by atoms with Crippen LogP contribution in [-0.4, -0.2) is 17.0 Å². The van der Waals surface area contributed by atoms with Gasteiger partial charge in [-0.3, -0.25) is 4.79 Å². The van der Waals surface area contributed by atoms with Gasteiger partial charge >= 0.3 is 5.97 Å². The first-order chi connectivity index (χ1) is 7.49. The van der Waals surface area contributed by atoms with Gasteiger partial charge in [-0.1, -0.05) is 12.1 Å². The second-order valence-electron chi connectivity index (χ2n) is 3.21. The van der Waals surface area contributed by atoms with E-state index in [1.165, 1.54) is 13.0 Å². The summed E-state index contributed by atoms with van der Waals surface area (Å²) in [6.07, 6.45) is 1.36. The van der Waals surface area contributed by atoms with E-state index in [2.05, 4.69) is 5.32 Å². The van der Waals surface area contributed by atoms with Crippen LogP contribution in [0.3, 0.4) is 0 Å². The minimum Gasteiger partial charge on any atom is -0.477 e. The second-order valence-corrected chi connectivity index (χ2v) is 3.21. The summed E-state index contributed by atoms with van der Waals surface area (Å²) in [5.74, 6) is -1.61. The molecule has 16 heavy (non-hydrogen) atoms. The van der Waals surface area contributed by atoms with Crippen molar-refractivity contribution in [2.75, 3.05) is 5.73 Å². The molecule has 4 N–H and O–H groups in total. The third-order valence-corrected chi connectivity index (χ3v) is 1.79. The zero-order valence-corrected chi connectivity index (χ0v) is 8.73. The van der Waals surface area contributed by atoms with Gasteiger partial charge in [0.25, 0.3) is 0 Å². The molecule has 1 aromatic carbocycles. The lowest BCUT2D eigenvalue weighted by Gasteiger charge is -2.03. The lowest BCUT2D eigenvalue weighted by molar-refractivity contribution is -0.134. The van der Waals surface area contributed by atoms with Crippen molar-refractivity contribution in [1.82, 2.24) is 5.32 Å². The highest BCUT2D eigenvalue weighted by Gasteiger charge is 2.08.